The number of halogens is 5. The van der Waals surface area contributed by atoms with E-state index in [4.69, 9.17) is 16.3 Å². The maximum atomic E-state index is 14.5. The Balaban J connectivity index is 1.27. The summed E-state index contributed by atoms with van der Waals surface area (Å²) >= 11 is 6.33. The van der Waals surface area contributed by atoms with Crippen molar-refractivity contribution < 1.29 is 49.9 Å². The van der Waals surface area contributed by atoms with Crippen LogP contribution in [0.5, 0.6) is 0 Å². The van der Waals surface area contributed by atoms with Crippen molar-refractivity contribution in [3.05, 3.63) is 63.9 Å². The largest absolute Gasteiger partial charge is 0.444 e. The van der Waals surface area contributed by atoms with E-state index in [0.717, 1.165) is 22.1 Å². The van der Waals surface area contributed by atoms with Crippen LogP contribution in [0.1, 0.15) is 76.5 Å². The normalized spacial score (nSPS) is 24.4. The Labute approximate surface area is 315 Å². The Hall–Kier alpha value is -4.12. The highest BCUT2D eigenvalue weighted by molar-refractivity contribution is 7.91. The van der Waals surface area contributed by atoms with Gasteiger partial charge in [0.2, 0.25) is 21.8 Å². The average Bonchev–Trinajstić information content (AvgIpc) is 3.97. The molecule has 3 N–H and O–H groups in total. The predicted molar refractivity (Wildman–Crippen MR) is 189 cm³/mol. The molecular formula is C36H42ClF4N5O7S. The number of rotatable bonds is 10. The smallest absolute Gasteiger partial charge is 0.419 e. The van der Waals surface area contributed by atoms with Crippen molar-refractivity contribution in [3.63, 3.8) is 0 Å². The molecule has 12 nitrogen and oxygen atoms in total. The number of nitrogens with zero attached hydrogens (tertiary/aromatic N) is 2. The number of fused-ring (bicyclic) bond motifs is 1. The summed E-state index contributed by atoms with van der Waals surface area (Å²) in [6, 6.07) is 4.91. The summed E-state index contributed by atoms with van der Waals surface area (Å²) in [6.07, 6.45) is -5.57. The van der Waals surface area contributed by atoms with Crippen molar-refractivity contribution in [3.8, 4) is 0 Å². The number of benzene rings is 2. The Morgan fingerprint density at radius 3 is 2.37 bits per heavy atom. The highest BCUT2D eigenvalue weighted by Crippen LogP contribution is 2.47. The minimum absolute atomic E-state index is 0.150. The summed E-state index contributed by atoms with van der Waals surface area (Å²) in [5, 5.41) is 5.31. The van der Waals surface area contributed by atoms with Crippen molar-refractivity contribution in [1.29, 1.82) is 0 Å². The molecule has 0 radical (unpaired) electrons. The topological polar surface area (TPSA) is 154 Å². The molecule has 2 saturated carbocycles. The van der Waals surface area contributed by atoms with E-state index in [9.17, 15) is 45.2 Å². The molecule has 18 heteroatoms. The van der Waals surface area contributed by atoms with Gasteiger partial charge in [-0.2, -0.15) is 13.2 Å². The number of nitrogens with one attached hydrogen (secondary N) is 3. The van der Waals surface area contributed by atoms with Gasteiger partial charge in [-0.3, -0.25) is 24.0 Å². The first-order chi connectivity index (χ1) is 25.1. The number of hydrogen-bond acceptors (Lipinski definition) is 8. The van der Waals surface area contributed by atoms with E-state index in [1.165, 1.54) is 4.90 Å². The number of alkyl halides is 3. The quantitative estimate of drug-likeness (QED) is 0.273. The molecule has 4 amide bonds. The minimum atomic E-state index is -5.01. The Bertz CT molecular complexity index is 1970. The van der Waals surface area contributed by atoms with Gasteiger partial charge in [0, 0.05) is 23.7 Å². The van der Waals surface area contributed by atoms with Crippen molar-refractivity contribution in [1.82, 2.24) is 19.8 Å². The molecule has 3 fully saturated rings. The van der Waals surface area contributed by atoms with E-state index in [0.29, 0.717) is 36.4 Å². The third-order valence-electron chi connectivity index (χ3n) is 10.5. The zero-order valence-electron chi connectivity index (χ0n) is 30.1. The van der Waals surface area contributed by atoms with E-state index in [1.807, 2.05) is 6.07 Å². The first-order valence-corrected chi connectivity index (χ1v) is 19.6. The highest BCUT2D eigenvalue weighted by atomic mass is 35.5. The SMILES string of the molecule is CC[C@@H]1C[C@]1(NC(=O)[C@@H]1C[C@@H](OC(=O)N2Cc3cccc(Cl)c3C2)CN1C(=O)[C@@H](Nc1ccc(F)c(C(F)(F)F)c1)C(C)(C)C)C(=O)NS(=O)(=O)C1CC1. The molecule has 0 unspecified atom stereocenters. The van der Waals surface area contributed by atoms with Crippen molar-refractivity contribution in [2.45, 2.75) is 108 Å². The number of carbonyl (C=O) groups excluding carboxylic acids is 4. The molecule has 2 aliphatic heterocycles. The number of anilines is 1. The molecule has 4 aliphatic rings. The van der Waals surface area contributed by atoms with E-state index >= 15 is 0 Å². The van der Waals surface area contributed by atoms with Crippen LogP contribution in [-0.4, -0.2) is 77.6 Å². The molecule has 0 bridgehead atoms. The van der Waals surface area contributed by atoms with Gasteiger partial charge < -0.3 is 20.3 Å². The number of sulfonamides is 1. The second-order valence-electron chi connectivity index (χ2n) is 15.6. The number of ether oxygens (including phenoxy) is 1. The minimum Gasteiger partial charge on any atom is -0.444 e. The van der Waals surface area contributed by atoms with Crippen LogP contribution in [0.25, 0.3) is 0 Å². The first kappa shape index (κ1) is 39.6. The standard InChI is InChI=1S/C36H42ClF4N5O7S/c1-5-20-15-35(20,32(49)44-54(51,52)23-10-11-23)43-30(47)28-14-22(53-33(50)45-16-19-7-6-8-26(37)24(19)18-45)17-46(28)31(48)29(34(2,3)4)42-21-9-12-27(38)25(13-21)36(39,40)41/h6-9,12-13,20,22-23,28-29,42H,5,10-11,14-18H2,1-4H3,(H,43,47)(H,44,49)/t20-,22-,28+,29-,35-/m1/s1. The van der Waals surface area contributed by atoms with E-state index in [2.05, 4.69) is 15.4 Å². The van der Waals surface area contributed by atoms with Gasteiger partial charge in [-0.1, -0.05) is 57.8 Å². The zero-order valence-corrected chi connectivity index (χ0v) is 31.6. The fraction of sp³-hybridized carbons (Fsp3) is 0.556. The van der Waals surface area contributed by atoms with Gasteiger partial charge in [0.05, 0.1) is 23.9 Å². The summed E-state index contributed by atoms with van der Waals surface area (Å²) in [5.74, 6) is -4.32. The molecule has 2 aliphatic carbocycles. The summed E-state index contributed by atoms with van der Waals surface area (Å²) in [7, 11) is -3.95. The van der Waals surface area contributed by atoms with Gasteiger partial charge in [0.15, 0.2) is 0 Å². The van der Waals surface area contributed by atoms with Gasteiger partial charge in [0.1, 0.15) is 29.5 Å². The fourth-order valence-electron chi connectivity index (χ4n) is 7.21. The highest BCUT2D eigenvalue weighted by Gasteiger charge is 2.62. The predicted octanol–water partition coefficient (Wildman–Crippen LogP) is 5.34. The molecule has 2 aromatic carbocycles. The van der Waals surface area contributed by atoms with Gasteiger partial charge in [-0.25, -0.2) is 17.6 Å². The molecule has 294 valence electrons. The van der Waals surface area contributed by atoms with Crippen LogP contribution in [0.3, 0.4) is 0 Å². The number of likely N-dealkylation sites (tertiary alicyclic amines) is 1. The lowest BCUT2D eigenvalue weighted by Gasteiger charge is -2.36. The molecular weight excluding hydrogens is 758 g/mol. The molecule has 54 heavy (non-hydrogen) atoms. The van der Waals surface area contributed by atoms with Gasteiger partial charge in [-0.05, 0) is 66.0 Å². The van der Waals surface area contributed by atoms with Crippen molar-refractivity contribution in [2.24, 2.45) is 11.3 Å². The van der Waals surface area contributed by atoms with Crippen LogP contribution in [0.2, 0.25) is 5.02 Å². The van der Waals surface area contributed by atoms with E-state index in [1.54, 1.807) is 39.8 Å². The maximum Gasteiger partial charge on any atom is 0.419 e. The summed E-state index contributed by atoms with van der Waals surface area (Å²) in [4.78, 5) is 58.2. The number of amides is 4. The average molecular weight is 800 g/mol. The van der Waals surface area contributed by atoms with E-state index < -0.39 is 91.7 Å². The molecule has 6 rings (SSSR count). The second kappa shape index (κ2) is 14.2. The van der Waals surface area contributed by atoms with Crippen LogP contribution < -0.4 is 15.4 Å². The van der Waals surface area contributed by atoms with Crippen molar-refractivity contribution >= 4 is 51.1 Å². The number of carbonyl (C=O) groups is 4. The monoisotopic (exact) mass is 799 g/mol. The van der Waals surface area contributed by atoms with Crippen LogP contribution in [0, 0.1) is 17.2 Å². The fourth-order valence-corrected chi connectivity index (χ4v) is 8.83. The van der Waals surface area contributed by atoms with Crippen molar-refractivity contribution in [2.75, 3.05) is 11.9 Å². The molecule has 2 heterocycles. The van der Waals surface area contributed by atoms with Crippen LogP contribution in [0.4, 0.5) is 28.0 Å². The Kier molecular flexibility index (Phi) is 10.4. The maximum absolute atomic E-state index is 14.5. The van der Waals surface area contributed by atoms with E-state index in [-0.39, 0.29) is 38.2 Å². The summed E-state index contributed by atoms with van der Waals surface area (Å²) < 4.78 is 88.2. The summed E-state index contributed by atoms with van der Waals surface area (Å²) in [6.45, 7) is 6.80. The third-order valence-corrected chi connectivity index (χ3v) is 12.7. The first-order valence-electron chi connectivity index (χ1n) is 17.7. The second-order valence-corrected chi connectivity index (χ2v) is 17.9. The number of hydrogen-bond donors (Lipinski definition) is 3. The molecule has 0 spiro atoms. The Morgan fingerprint density at radius 2 is 1.78 bits per heavy atom. The Morgan fingerprint density at radius 1 is 1.07 bits per heavy atom. The lowest BCUT2D eigenvalue weighted by Crippen LogP contribution is -2.58. The molecule has 1 saturated heterocycles. The molecule has 0 aromatic heterocycles. The third kappa shape index (κ3) is 7.97. The summed E-state index contributed by atoms with van der Waals surface area (Å²) in [5.41, 5.74) is -2.72. The van der Waals surface area contributed by atoms with Gasteiger partial charge in [-0.15, -0.1) is 0 Å². The molecule has 5 atom stereocenters. The lowest BCUT2D eigenvalue weighted by molar-refractivity contribution is -0.141. The van der Waals surface area contributed by atoms with Crippen LogP contribution in [-0.2, 0) is 48.4 Å². The zero-order chi connectivity index (χ0) is 39.5. The van der Waals surface area contributed by atoms with Gasteiger partial charge >= 0.3 is 12.3 Å². The van der Waals surface area contributed by atoms with Crippen LogP contribution >= 0.6 is 11.6 Å². The van der Waals surface area contributed by atoms with Crippen LogP contribution in [0.15, 0.2) is 36.4 Å². The lowest BCUT2D eigenvalue weighted by atomic mass is 9.85. The van der Waals surface area contributed by atoms with Gasteiger partial charge in [0.25, 0.3) is 5.91 Å². The molecule has 2 aromatic rings.